The number of guanidine groups is 1. The quantitative estimate of drug-likeness (QED) is 0.395. The van der Waals surface area contributed by atoms with Gasteiger partial charge in [-0.05, 0) is 18.4 Å². The van der Waals surface area contributed by atoms with Crippen LogP contribution in [-0.2, 0) is 9.53 Å². The molecule has 2 rings (SSSR count). The van der Waals surface area contributed by atoms with Gasteiger partial charge in [-0.3, -0.25) is 14.7 Å². The van der Waals surface area contributed by atoms with E-state index in [4.69, 9.17) is 4.74 Å². The van der Waals surface area contributed by atoms with Gasteiger partial charge in [0.15, 0.2) is 5.96 Å². The smallest absolute Gasteiger partial charge is 0.234 e. The third-order valence-corrected chi connectivity index (χ3v) is 5.09. The van der Waals surface area contributed by atoms with Gasteiger partial charge in [0.25, 0.3) is 0 Å². The molecule has 0 bridgehead atoms. The van der Waals surface area contributed by atoms with Gasteiger partial charge in [0.2, 0.25) is 5.91 Å². The van der Waals surface area contributed by atoms with Gasteiger partial charge in [-0.15, -0.1) is 0 Å². The van der Waals surface area contributed by atoms with Crippen molar-refractivity contribution in [2.75, 3.05) is 66.6 Å². The maximum Gasteiger partial charge on any atom is 0.234 e. The van der Waals surface area contributed by atoms with Crippen LogP contribution >= 0.6 is 0 Å². The average molecular weight is 390 g/mol. The van der Waals surface area contributed by atoms with Crippen LogP contribution in [0.5, 0.6) is 0 Å². The number of hydrogen-bond donors (Lipinski definition) is 2. The lowest BCUT2D eigenvalue weighted by Gasteiger charge is -2.36. The Morgan fingerprint density at radius 1 is 1.18 bits per heavy atom. The molecule has 1 atom stereocenters. The van der Waals surface area contributed by atoms with Crippen molar-refractivity contribution in [1.29, 1.82) is 0 Å². The minimum absolute atomic E-state index is 0.0555. The number of benzene rings is 1. The predicted octanol–water partition coefficient (Wildman–Crippen LogP) is 1.05. The van der Waals surface area contributed by atoms with E-state index in [2.05, 4.69) is 63.5 Å². The molecule has 28 heavy (non-hydrogen) atoms. The third kappa shape index (κ3) is 7.13. The van der Waals surface area contributed by atoms with Gasteiger partial charge in [0, 0.05) is 53.4 Å². The number of nitrogens with one attached hydrogen (secondary N) is 2. The Kier molecular flexibility index (Phi) is 9.23. The van der Waals surface area contributed by atoms with Crippen LogP contribution in [0.4, 0.5) is 0 Å². The summed E-state index contributed by atoms with van der Waals surface area (Å²) in [6, 6.07) is 8.71. The van der Waals surface area contributed by atoms with Crippen LogP contribution in [0.1, 0.15) is 24.0 Å². The highest BCUT2D eigenvalue weighted by atomic mass is 16.5. The van der Waals surface area contributed by atoms with Crippen LogP contribution in [0.15, 0.2) is 29.3 Å². The number of rotatable bonds is 8. The summed E-state index contributed by atoms with van der Waals surface area (Å²) in [7, 11) is 3.46. The van der Waals surface area contributed by atoms with Crippen molar-refractivity contribution in [1.82, 2.24) is 20.4 Å². The number of amides is 1. The Labute approximate surface area is 169 Å². The highest BCUT2D eigenvalue weighted by Gasteiger charge is 2.21. The monoisotopic (exact) mass is 389 g/mol. The fourth-order valence-electron chi connectivity index (χ4n) is 3.26. The zero-order chi connectivity index (χ0) is 20.4. The minimum atomic E-state index is 0.0555. The number of carbonyl (C=O) groups excluding carboxylic acids is 1. The number of ether oxygens (including phenoxy) is 1. The fraction of sp³-hybridized carbons (Fsp3) is 0.619. The zero-order valence-electron chi connectivity index (χ0n) is 17.7. The zero-order valence-corrected chi connectivity index (χ0v) is 17.7. The number of piperazine rings is 1. The highest BCUT2D eigenvalue weighted by molar-refractivity contribution is 5.80. The summed E-state index contributed by atoms with van der Waals surface area (Å²) in [6.07, 6.45) is 0. The first-order valence-electron chi connectivity index (χ1n) is 10.0. The second-order valence-corrected chi connectivity index (χ2v) is 7.35. The summed E-state index contributed by atoms with van der Waals surface area (Å²) in [5.74, 6) is 1.40. The molecular weight excluding hydrogens is 354 g/mol. The maximum absolute atomic E-state index is 11.9. The molecule has 0 aromatic heterocycles. The van der Waals surface area contributed by atoms with Crippen LogP contribution in [-0.4, -0.2) is 88.2 Å². The van der Waals surface area contributed by atoms with Gasteiger partial charge in [0.05, 0.1) is 13.2 Å². The van der Waals surface area contributed by atoms with Gasteiger partial charge in [0.1, 0.15) is 0 Å². The molecule has 1 aliphatic heterocycles. The molecule has 1 amide bonds. The predicted molar refractivity (Wildman–Crippen MR) is 114 cm³/mol. The number of carbonyl (C=O) groups is 1. The van der Waals surface area contributed by atoms with Crippen LogP contribution in [0.3, 0.4) is 0 Å². The number of aliphatic imine (C=N–C) groups is 1. The normalized spacial score (nSPS) is 16.7. The fourth-order valence-corrected chi connectivity index (χ4v) is 3.26. The molecule has 1 aromatic rings. The van der Waals surface area contributed by atoms with E-state index in [1.54, 1.807) is 7.11 Å². The lowest BCUT2D eigenvalue weighted by atomic mass is 10.0. The van der Waals surface area contributed by atoms with Crippen molar-refractivity contribution in [3.05, 3.63) is 35.4 Å². The van der Waals surface area contributed by atoms with E-state index in [1.807, 2.05) is 7.05 Å². The van der Waals surface area contributed by atoms with Crippen molar-refractivity contribution in [2.45, 2.75) is 19.8 Å². The second-order valence-electron chi connectivity index (χ2n) is 7.35. The molecule has 7 heteroatoms. The molecule has 1 aliphatic rings. The van der Waals surface area contributed by atoms with Gasteiger partial charge in [-0.2, -0.15) is 0 Å². The van der Waals surface area contributed by atoms with Crippen molar-refractivity contribution in [3.8, 4) is 0 Å². The first kappa shape index (κ1) is 22.2. The van der Waals surface area contributed by atoms with Crippen LogP contribution in [0.25, 0.3) is 0 Å². The van der Waals surface area contributed by atoms with Crippen LogP contribution in [0, 0.1) is 6.92 Å². The molecule has 156 valence electrons. The molecule has 0 saturated carbocycles. The van der Waals surface area contributed by atoms with Crippen molar-refractivity contribution in [3.63, 3.8) is 0 Å². The molecule has 1 aromatic carbocycles. The Morgan fingerprint density at radius 2 is 1.86 bits per heavy atom. The van der Waals surface area contributed by atoms with E-state index in [0.29, 0.717) is 25.6 Å². The summed E-state index contributed by atoms with van der Waals surface area (Å²) in [5.41, 5.74) is 2.61. The number of hydrogen-bond acceptors (Lipinski definition) is 4. The molecule has 1 saturated heterocycles. The summed E-state index contributed by atoms with van der Waals surface area (Å²) in [4.78, 5) is 20.8. The molecule has 2 N–H and O–H groups in total. The van der Waals surface area contributed by atoms with Crippen molar-refractivity contribution < 1.29 is 9.53 Å². The first-order valence-corrected chi connectivity index (χ1v) is 10.0. The standard InChI is InChI=1S/C21H35N5O2/c1-17-5-7-19(8-6-17)18(2)15-24-21(22-3)26-12-10-25(11-13-26)16-20(27)23-9-14-28-4/h5-8,18H,9-16H2,1-4H3,(H,22,24)(H,23,27). The molecule has 1 fully saturated rings. The lowest BCUT2D eigenvalue weighted by molar-refractivity contribution is -0.122. The topological polar surface area (TPSA) is 69.2 Å². The number of nitrogens with zero attached hydrogens (tertiary/aromatic N) is 3. The van der Waals surface area contributed by atoms with E-state index >= 15 is 0 Å². The van der Waals surface area contributed by atoms with E-state index < -0.39 is 0 Å². The Morgan fingerprint density at radius 3 is 2.46 bits per heavy atom. The number of aryl methyl sites for hydroxylation is 1. The van der Waals surface area contributed by atoms with Crippen LogP contribution < -0.4 is 10.6 Å². The molecule has 0 radical (unpaired) electrons. The number of methoxy groups -OCH3 is 1. The van der Waals surface area contributed by atoms with Gasteiger partial charge in [-0.1, -0.05) is 36.8 Å². The lowest BCUT2D eigenvalue weighted by Crippen LogP contribution is -2.54. The molecule has 0 spiro atoms. The van der Waals surface area contributed by atoms with E-state index in [1.165, 1.54) is 11.1 Å². The summed E-state index contributed by atoms with van der Waals surface area (Å²) in [5, 5.41) is 6.38. The second kappa shape index (κ2) is 11.7. The van der Waals surface area contributed by atoms with Crippen molar-refractivity contribution in [2.24, 2.45) is 4.99 Å². The van der Waals surface area contributed by atoms with Gasteiger partial charge in [-0.25, -0.2) is 0 Å². The molecule has 1 unspecified atom stereocenters. The molecule has 7 nitrogen and oxygen atoms in total. The Hall–Kier alpha value is -2.12. The summed E-state index contributed by atoms with van der Waals surface area (Å²) < 4.78 is 4.95. The van der Waals surface area contributed by atoms with E-state index in [9.17, 15) is 4.79 Å². The van der Waals surface area contributed by atoms with Crippen molar-refractivity contribution >= 4 is 11.9 Å². The van der Waals surface area contributed by atoms with E-state index in [0.717, 1.165) is 38.7 Å². The molecular formula is C21H35N5O2. The van der Waals surface area contributed by atoms with E-state index in [-0.39, 0.29) is 5.91 Å². The largest absolute Gasteiger partial charge is 0.383 e. The minimum Gasteiger partial charge on any atom is -0.383 e. The molecule has 0 aliphatic carbocycles. The average Bonchev–Trinajstić information content (AvgIpc) is 2.70. The molecule has 1 heterocycles. The van der Waals surface area contributed by atoms with Gasteiger partial charge >= 0.3 is 0 Å². The summed E-state index contributed by atoms with van der Waals surface area (Å²) in [6.45, 7) is 10.2. The highest BCUT2D eigenvalue weighted by Crippen LogP contribution is 2.15. The van der Waals surface area contributed by atoms with Gasteiger partial charge < -0.3 is 20.3 Å². The third-order valence-electron chi connectivity index (χ3n) is 5.09. The summed E-state index contributed by atoms with van der Waals surface area (Å²) >= 11 is 0. The van der Waals surface area contributed by atoms with Crippen LogP contribution in [0.2, 0.25) is 0 Å². The Bertz CT molecular complexity index is 624. The SMILES string of the molecule is CN=C(NCC(C)c1ccc(C)cc1)N1CCN(CC(=O)NCCOC)CC1. The first-order chi connectivity index (χ1) is 13.5. The Balaban J connectivity index is 1.74. The maximum atomic E-state index is 11.9.